The van der Waals surface area contributed by atoms with Crippen molar-refractivity contribution in [2.75, 3.05) is 13.1 Å². The molecule has 5 nitrogen and oxygen atoms in total. The van der Waals surface area contributed by atoms with E-state index in [2.05, 4.69) is 5.32 Å². The van der Waals surface area contributed by atoms with Gasteiger partial charge in [-0.1, -0.05) is 78.3 Å². The molecule has 0 unspecified atom stereocenters. The van der Waals surface area contributed by atoms with Gasteiger partial charge in [0.1, 0.15) is 5.82 Å². The van der Waals surface area contributed by atoms with Crippen LogP contribution in [0.25, 0.3) is 0 Å². The number of carbonyl (C=O) groups is 1. The van der Waals surface area contributed by atoms with Gasteiger partial charge in [-0.15, -0.1) is 0 Å². The molecule has 1 aliphatic heterocycles. The average molecular weight is 501 g/mol. The van der Waals surface area contributed by atoms with Crippen molar-refractivity contribution in [1.29, 1.82) is 0 Å². The van der Waals surface area contributed by atoms with E-state index in [4.69, 9.17) is 11.6 Å². The van der Waals surface area contributed by atoms with Gasteiger partial charge in [-0.2, -0.15) is 0 Å². The van der Waals surface area contributed by atoms with Crippen LogP contribution in [0.1, 0.15) is 35.6 Å². The summed E-state index contributed by atoms with van der Waals surface area (Å²) in [5.74, 6) is -1.55. The molecule has 1 heterocycles. The molecule has 3 aromatic rings. The third-order valence-electron chi connectivity index (χ3n) is 6.16. The lowest BCUT2D eigenvalue weighted by molar-refractivity contribution is -0.126. The zero-order valence-electron chi connectivity index (χ0n) is 18.5. The van der Waals surface area contributed by atoms with Gasteiger partial charge in [0.15, 0.2) is 0 Å². The third-order valence-corrected chi connectivity index (χ3v) is 8.32. The highest BCUT2D eigenvalue weighted by atomic mass is 35.5. The maximum absolute atomic E-state index is 14.1. The Labute approximate surface area is 204 Å². The van der Waals surface area contributed by atoms with Crippen LogP contribution in [0, 0.1) is 11.7 Å². The highest BCUT2D eigenvalue weighted by molar-refractivity contribution is 7.88. The van der Waals surface area contributed by atoms with Crippen LogP contribution in [-0.2, 0) is 20.6 Å². The Bertz CT molecular complexity index is 1170. The van der Waals surface area contributed by atoms with Gasteiger partial charge in [0.25, 0.3) is 0 Å². The zero-order valence-corrected chi connectivity index (χ0v) is 20.1. The number of rotatable bonds is 7. The number of hydrogen-bond donors (Lipinski definition) is 1. The predicted molar refractivity (Wildman–Crippen MR) is 131 cm³/mol. The van der Waals surface area contributed by atoms with E-state index in [1.165, 1.54) is 22.5 Å². The summed E-state index contributed by atoms with van der Waals surface area (Å²) in [5, 5.41) is 3.24. The maximum atomic E-state index is 14.1. The van der Waals surface area contributed by atoms with Gasteiger partial charge >= 0.3 is 0 Å². The molecule has 1 fully saturated rings. The molecule has 178 valence electrons. The molecule has 0 radical (unpaired) electrons. The fraction of sp³-hybridized carbons (Fsp3) is 0.269. The Kier molecular flexibility index (Phi) is 7.66. The molecule has 1 saturated heterocycles. The average Bonchev–Trinajstić information content (AvgIpc) is 2.86. The molecule has 0 atom stereocenters. The summed E-state index contributed by atoms with van der Waals surface area (Å²) in [5.41, 5.74) is 1.92. The quantitative estimate of drug-likeness (QED) is 0.500. The highest BCUT2D eigenvalue weighted by Crippen LogP contribution is 2.28. The minimum atomic E-state index is -3.76. The molecule has 1 aliphatic rings. The number of piperidine rings is 1. The lowest BCUT2D eigenvalue weighted by Gasteiger charge is -2.32. The van der Waals surface area contributed by atoms with Gasteiger partial charge in [0.2, 0.25) is 15.9 Å². The smallest absolute Gasteiger partial charge is 0.223 e. The summed E-state index contributed by atoms with van der Waals surface area (Å²) in [7, 11) is -3.76. The van der Waals surface area contributed by atoms with Crippen LogP contribution in [-0.4, -0.2) is 31.7 Å². The maximum Gasteiger partial charge on any atom is 0.223 e. The fourth-order valence-corrected chi connectivity index (χ4v) is 6.17. The molecule has 1 amide bonds. The van der Waals surface area contributed by atoms with E-state index in [9.17, 15) is 17.6 Å². The number of hydrogen-bond acceptors (Lipinski definition) is 3. The second-order valence-electron chi connectivity index (χ2n) is 8.39. The highest BCUT2D eigenvalue weighted by Gasteiger charge is 2.33. The first-order valence-electron chi connectivity index (χ1n) is 11.2. The van der Waals surface area contributed by atoms with E-state index in [0.29, 0.717) is 12.8 Å². The van der Waals surface area contributed by atoms with Crippen molar-refractivity contribution >= 4 is 27.5 Å². The van der Waals surface area contributed by atoms with Crippen molar-refractivity contribution < 1.29 is 17.6 Å². The van der Waals surface area contributed by atoms with E-state index in [0.717, 1.165) is 11.1 Å². The Morgan fingerprint density at radius 2 is 1.50 bits per heavy atom. The number of amides is 1. The number of halogens is 2. The number of sulfonamides is 1. The van der Waals surface area contributed by atoms with E-state index in [1.807, 2.05) is 60.7 Å². The van der Waals surface area contributed by atoms with Crippen molar-refractivity contribution in [3.63, 3.8) is 0 Å². The number of nitrogens with one attached hydrogen (secondary N) is 1. The first kappa shape index (κ1) is 24.4. The SMILES string of the molecule is O=C(NC(c1ccccc1)c1ccccc1)C1CCN(S(=O)(=O)Cc2c(F)cccc2Cl)CC1. The zero-order chi connectivity index (χ0) is 24.1. The Morgan fingerprint density at radius 3 is 2.03 bits per heavy atom. The second-order valence-corrected chi connectivity index (χ2v) is 10.8. The summed E-state index contributed by atoms with van der Waals surface area (Å²) in [6.45, 7) is 0.404. The van der Waals surface area contributed by atoms with Crippen molar-refractivity contribution in [2.24, 2.45) is 5.92 Å². The van der Waals surface area contributed by atoms with Gasteiger partial charge in [0, 0.05) is 29.6 Å². The van der Waals surface area contributed by atoms with Crippen molar-refractivity contribution in [1.82, 2.24) is 9.62 Å². The molecule has 0 saturated carbocycles. The summed E-state index contributed by atoms with van der Waals surface area (Å²) < 4.78 is 41.2. The van der Waals surface area contributed by atoms with E-state index < -0.39 is 21.6 Å². The molecule has 0 bridgehead atoms. The predicted octanol–water partition coefficient (Wildman–Crippen LogP) is 4.93. The molecule has 0 aromatic heterocycles. The number of carbonyl (C=O) groups excluding carboxylic acids is 1. The van der Waals surface area contributed by atoms with Gasteiger partial charge in [-0.25, -0.2) is 17.1 Å². The molecule has 0 spiro atoms. The fourth-order valence-electron chi connectivity index (χ4n) is 4.25. The molecule has 8 heteroatoms. The lowest BCUT2D eigenvalue weighted by atomic mass is 9.94. The van der Waals surface area contributed by atoms with Crippen LogP contribution in [0.3, 0.4) is 0 Å². The summed E-state index contributed by atoms with van der Waals surface area (Å²) >= 11 is 6.01. The first-order chi connectivity index (χ1) is 16.3. The summed E-state index contributed by atoms with van der Waals surface area (Å²) in [6, 6.07) is 23.3. The summed E-state index contributed by atoms with van der Waals surface area (Å²) in [6.07, 6.45) is 0.790. The van der Waals surface area contributed by atoms with Crippen LogP contribution in [0.15, 0.2) is 78.9 Å². The molecule has 1 N–H and O–H groups in total. The molecule has 3 aromatic carbocycles. The monoisotopic (exact) mass is 500 g/mol. The van der Waals surface area contributed by atoms with Crippen LogP contribution < -0.4 is 5.32 Å². The second kappa shape index (κ2) is 10.7. The first-order valence-corrected chi connectivity index (χ1v) is 13.1. The summed E-state index contributed by atoms with van der Waals surface area (Å²) in [4.78, 5) is 13.1. The minimum absolute atomic E-state index is 0.0300. The van der Waals surface area contributed by atoms with Gasteiger partial charge in [-0.3, -0.25) is 4.79 Å². The third kappa shape index (κ3) is 5.66. The van der Waals surface area contributed by atoms with E-state index in [-0.39, 0.29) is 41.5 Å². The molecular weight excluding hydrogens is 475 g/mol. The Hall–Kier alpha value is -2.74. The Balaban J connectivity index is 1.42. The standard InChI is InChI=1S/C26H26ClFN2O3S/c27-23-12-7-13-24(28)22(23)18-34(32,33)30-16-14-21(15-17-30)26(31)29-25(19-8-3-1-4-9-19)20-10-5-2-6-11-20/h1-13,21,25H,14-18H2,(H,29,31). The topological polar surface area (TPSA) is 66.5 Å². The number of benzene rings is 3. The number of nitrogens with zero attached hydrogens (tertiary/aromatic N) is 1. The minimum Gasteiger partial charge on any atom is -0.345 e. The van der Waals surface area contributed by atoms with Crippen LogP contribution in [0.2, 0.25) is 5.02 Å². The molecule has 0 aliphatic carbocycles. The van der Waals surface area contributed by atoms with Crippen molar-refractivity contribution in [2.45, 2.75) is 24.6 Å². The van der Waals surface area contributed by atoms with Crippen molar-refractivity contribution in [3.05, 3.63) is 106 Å². The normalized spacial score (nSPS) is 15.4. The molecule has 34 heavy (non-hydrogen) atoms. The van der Waals surface area contributed by atoms with E-state index in [1.54, 1.807) is 0 Å². The molecular formula is C26H26ClFN2O3S. The van der Waals surface area contributed by atoms with Gasteiger partial charge in [-0.05, 0) is 36.1 Å². The molecule has 4 rings (SSSR count). The van der Waals surface area contributed by atoms with Gasteiger partial charge < -0.3 is 5.32 Å². The largest absolute Gasteiger partial charge is 0.345 e. The van der Waals surface area contributed by atoms with Crippen molar-refractivity contribution in [3.8, 4) is 0 Å². The lowest BCUT2D eigenvalue weighted by Crippen LogP contribution is -2.44. The van der Waals surface area contributed by atoms with E-state index >= 15 is 0 Å². The van der Waals surface area contributed by atoms with Crippen LogP contribution in [0.4, 0.5) is 4.39 Å². The van der Waals surface area contributed by atoms with Crippen LogP contribution >= 0.6 is 11.6 Å². The van der Waals surface area contributed by atoms with Gasteiger partial charge in [0.05, 0.1) is 11.8 Å². The Morgan fingerprint density at radius 1 is 0.941 bits per heavy atom. The van der Waals surface area contributed by atoms with Crippen LogP contribution in [0.5, 0.6) is 0 Å².